The SMILES string of the molecule is CCC(CN(CCC(C)C)C1CCCC1)NC. The standard InChI is InChI=1S/C15H32N2/c1-5-14(16-4)12-17(11-10-13(2)3)15-8-6-7-9-15/h13-16H,5-12H2,1-4H3. The Kier molecular flexibility index (Phi) is 7.14. The molecule has 1 rings (SSSR count). The molecule has 0 aromatic rings. The minimum atomic E-state index is 0.669. The van der Waals surface area contributed by atoms with Gasteiger partial charge in [0.05, 0.1) is 0 Å². The summed E-state index contributed by atoms with van der Waals surface area (Å²) >= 11 is 0. The first-order chi connectivity index (χ1) is 8.17. The molecule has 1 unspecified atom stereocenters. The third-order valence-corrected chi connectivity index (χ3v) is 4.19. The van der Waals surface area contributed by atoms with Crippen LogP contribution in [0.5, 0.6) is 0 Å². The Morgan fingerprint density at radius 2 is 1.88 bits per heavy atom. The van der Waals surface area contributed by atoms with Crippen molar-refractivity contribution in [3.8, 4) is 0 Å². The molecule has 2 heteroatoms. The van der Waals surface area contributed by atoms with Crippen LogP contribution in [0.2, 0.25) is 0 Å². The van der Waals surface area contributed by atoms with Gasteiger partial charge in [-0.15, -0.1) is 0 Å². The predicted octanol–water partition coefficient (Wildman–Crippen LogP) is 3.28. The lowest BCUT2D eigenvalue weighted by Crippen LogP contribution is -2.44. The lowest BCUT2D eigenvalue weighted by molar-refractivity contribution is 0.169. The number of nitrogens with zero attached hydrogens (tertiary/aromatic N) is 1. The van der Waals surface area contributed by atoms with Crippen LogP contribution < -0.4 is 5.32 Å². The van der Waals surface area contributed by atoms with Crippen molar-refractivity contribution in [2.45, 2.75) is 71.4 Å². The van der Waals surface area contributed by atoms with Gasteiger partial charge in [0.15, 0.2) is 0 Å². The van der Waals surface area contributed by atoms with E-state index in [-0.39, 0.29) is 0 Å². The van der Waals surface area contributed by atoms with Crippen molar-refractivity contribution in [1.29, 1.82) is 0 Å². The minimum Gasteiger partial charge on any atom is -0.316 e. The Labute approximate surface area is 108 Å². The van der Waals surface area contributed by atoms with Crippen molar-refractivity contribution >= 4 is 0 Å². The minimum absolute atomic E-state index is 0.669. The molecule has 0 spiro atoms. The first-order valence-corrected chi connectivity index (χ1v) is 7.58. The number of hydrogen-bond acceptors (Lipinski definition) is 2. The van der Waals surface area contributed by atoms with Crippen LogP contribution >= 0.6 is 0 Å². The number of hydrogen-bond donors (Lipinski definition) is 1. The third kappa shape index (κ3) is 5.39. The molecule has 0 bridgehead atoms. The van der Waals surface area contributed by atoms with E-state index in [0.29, 0.717) is 6.04 Å². The molecule has 0 aromatic carbocycles. The number of likely N-dealkylation sites (N-methyl/N-ethyl adjacent to an activating group) is 1. The van der Waals surface area contributed by atoms with Crippen LogP contribution in [-0.2, 0) is 0 Å². The van der Waals surface area contributed by atoms with Crippen molar-refractivity contribution in [2.24, 2.45) is 5.92 Å². The van der Waals surface area contributed by atoms with Gasteiger partial charge >= 0.3 is 0 Å². The zero-order chi connectivity index (χ0) is 12.7. The van der Waals surface area contributed by atoms with Gasteiger partial charge in [-0.25, -0.2) is 0 Å². The predicted molar refractivity (Wildman–Crippen MR) is 76.4 cm³/mol. The molecule has 1 fully saturated rings. The molecule has 1 atom stereocenters. The summed E-state index contributed by atoms with van der Waals surface area (Å²) in [6.07, 6.45) is 8.33. The van der Waals surface area contributed by atoms with Gasteiger partial charge in [-0.05, 0) is 45.2 Å². The molecule has 0 amide bonds. The molecule has 0 heterocycles. The van der Waals surface area contributed by atoms with Crippen LogP contribution in [-0.4, -0.2) is 37.1 Å². The Morgan fingerprint density at radius 1 is 1.24 bits per heavy atom. The monoisotopic (exact) mass is 240 g/mol. The molecule has 2 nitrogen and oxygen atoms in total. The first kappa shape index (κ1) is 15.0. The van der Waals surface area contributed by atoms with Gasteiger partial charge in [0.25, 0.3) is 0 Å². The molecule has 0 saturated heterocycles. The first-order valence-electron chi connectivity index (χ1n) is 7.58. The fourth-order valence-corrected chi connectivity index (χ4v) is 2.82. The van der Waals surface area contributed by atoms with E-state index in [2.05, 4.69) is 38.0 Å². The van der Waals surface area contributed by atoms with Crippen LogP contribution in [0, 0.1) is 5.92 Å². The molecule has 102 valence electrons. The highest BCUT2D eigenvalue weighted by Gasteiger charge is 2.23. The van der Waals surface area contributed by atoms with Crippen molar-refractivity contribution in [2.75, 3.05) is 20.1 Å². The highest BCUT2D eigenvalue weighted by Crippen LogP contribution is 2.24. The van der Waals surface area contributed by atoms with Gasteiger partial charge in [-0.1, -0.05) is 33.6 Å². The van der Waals surface area contributed by atoms with E-state index in [1.54, 1.807) is 0 Å². The van der Waals surface area contributed by atoms with E-state index < -0.39 is 0 Å². The van der Waals surface area contributed by atoms with E-state index in [1.165, 1.54) is 51.6 Å². The fraction of sp³-hybridized carbons (Fsp3) is 1.00. The van der Waals surface area contributed by atoms with Gasteiger partial charge in [0.1, 0.15) is 0 Å². The average Bonchev–Trinajstić information content (AvgIpc) is 2.83. The zero-order valence-corrected chi connectivity index (χ0v) is 12.3. The summed E-state index contributed by atoms with van der Waals surface area (Å²) in [7, 11) is 2.10. The van der Waals surface area contributed by atoms with E-state index >= 15 is 0 Å². The van der Waals surface area contributed by atoms with Crippen molar-refractivity contribution in [1.82, 2.24) is 10.2 Å². The summed E-state index contributed by atoms with van der Waals surface area (Å²) in [5, 5.41) is 3.45. The van der Waals surface area contributed by atoms with Crippen molar-refractivity contribution < 1.29 is 0 Å². The quantitative estimate of drug-likeness (QED) is 0.700. The second-order valence-electron chi connectivity index (χ2n) is 6.01. The molecule has 1 saturated carbocycles. The van der Waals surface area contributed by atoms with E-state index in [9.17, 15) is 0 Å². The average molecular weight is 240 g/mol. The van der Waals surface area contributed by atoms with Crippen LogP contribution in [0.4, 0.5) is 0 Å². The normalized spacial score (nSPS) is 19.4. The fourth-order valence-electron chi connectivity index (χ4n) is 2.82. The van der Waals surface area contributed by atoms with Crippen LogP contribution in [0.25, 0.3) is 0 Å². The zero-order valence-electron chi connectivity index (χ0n) is 12.3. The second-order valence-corrected chi connectivity index (χ2v) is 6.01. The highest BCUT2D eigenvalue weighted by atomic mass is 15.2. The summed E-state index contributed by atoms with van der Waals surface area (Å²) in [4.78, 5) is 2.76. The van der Waals surface area contributed by atoms with Crippen LogP contribution in [0.15, 0.2) is 0 Å². The van der Waals surface area contributed by atoms with E-state index in [0.717, 1.165) is 12.0 Å². The molecule has 1 aliphatic rings. The maximum Gasteiger partial charge on any atom is 0.0189 e. The molecule has 1 N–H and O–H groups in total. The van der Waals surface area contributed by atoms with Gasteiger partial charge in [0, 0.05) is 18.6 Å². The Hall–Kier alpha value is -0.0800. The van der Waals surface area contributed by atoms with Crippen molar-refractivity contribution in [3.05, 3.63) is 0 Å². The molecular formula is C15H32N2. The Bertz CT molecular complexity index is 181. The summed E-state index contributed by atoms with van der Waals surface area (Å²) in [6, 6.07) is 1.54. The molecule has 1 aliphatic carbocycles. The van der Waals surface area contributed by atoms with Gasteiger partial charge in [-0.2, -0.15) is 0 Å². The Balaban J connectivity index is 2.45. The molecular weight excluding hydrogens is 208 g/mol. The molecule has 0 radical (unpaired) electrons. The second kappa shape index (κ2) is 8.10. The molecule has 17 heavy (non-hydrogen) atoms. The Morgan fingerprint density at radius 3 is 2.35 bits per heavy atom. The smallest absolute Gasteiger partial charge is 0.0189 e. The summed E-state index contributed by atoms with van der Waals surface area (Å²) < 4.78 is 0. The summed E-state index contributed by atoms with van der Waals surface area (Å²) in [6.45, 7) is 9.49. The van der Waals surface area contributed by atoms with Gasteiger partial charge < -0.3 is 5.32 Å². The number of rotatable bonds is 8. The molecule has 0 aliphatic heterocycles. The van der Waals surface area contributed by atoms with Crippen LogP contribution in [0.3, 0.4) is 0 Å². The van der Waals surface area contributed by atoms with E-state index in [1.807, 2.05) is 0 Å². The maximum atomic E-state index is 3.45. The third-order valence-electron chi connectivity index (χ3n) is 4.19. The lowest BCUT2D eigenvalue weighted by Gasteiger charge is -2.32. The largest absolute Gasteiger partial charge is 0.316 e. The van der Waals surface area contributed by atoms with E-state index in [4.69, 9.17) is 0 Å². The van der Waals surface area contributed by atoms with Crippen LogP contribution in [0.1, 0.15) is 59.3 Å². The topological polar surface area (TPSA) is 15.3 Å². The number of nitrogens with one attached hydrogen (secondary N) is 1. The summed E-state index contributed by atoms with van der Waals surface area (Å²) in [5.74, 6) is 0.827. The van der Waals surface area contributed by atoms with Gasteiger partial charge in [0.2, 0.25) is 0 Å². The highest BCUT2D eigenvalue weighted by molar-refractivity contribution is 4.80. The maximum absolute atomic E-state index is 3.45. The van der Waals surface area contributed by atoms with Crippen molar-refractivity contribution in [3.63, 3.8) is 0 Å². The summed E-state index contributed by atoms with van der Waals surface area (Å²) in [5.41, 5.74) is 0. The molecule has 0 aromatic heterocycles. The lowest BCUT2D eigenvalue weighted by atomic mass is 10.1. The van der Waals surface area contributed by atoms with Gasteiger partial charge in [-0.3, -0.25) is 4.90 Å².